The molecule has 2 aromatic heterocycles. The summed E-state index contributed by atoms with van der Waals surface area (Å²) in [5.41, 5.74) is 2.91. The zero-order chi connectivity index (χ0) is 14.9. The van der Waals surface area contributed by atoms with Gasteiger partial charge in [-0.25, -0.2) is 9.97 Å². The SMILES string of the molecule is Cc1cn(Cc2coc(-c3cccc4ccccc34)n2)cn1. The van der Waals surface area contributed by atoms with E-state index in [-0.39, 0.29) is 0 Å². The fraction of sp³-hybridized carbons (Fsp3) is 0.111. The van der Waals surface area contributed by atoms with Crippen molar-refractivity contribution in [1.82, 2.24) is 14.5 Å². The molecule has 0 unspecified atom stereocenters. The first-order chi connectivity index (χ1) is 10.8. The molecular weight excluding hydrogens is 274 g/mol. The summed E-state index contributed by atoms with van der Waals surface area (Å²) >= 11 is 0. The molecule has 0 saturated heterocycles. The molecule has 0 aliphatic heterocycles. The van der Waals surface area contributed by atoms with E-state index in [9.17, 15) is 0 Å². The van der Waals surface area contributed by atoms with Gasteiger partial charge < -0.3 is 8.98 Å². The number of rotatable bonds is 3. The van der Waals surface area contributed by atoms with Gasteiger partial charge in [0.15, 0.2) is 0 Å². The summed E-state index contributed by atoms with van der Waals surface area (Å²) in [7, 11) is 0. The van der Waals surface area contributed by atoms with Gasteiger partial charge >= 0.3 is 0 Å². The van der Waals surface area contributed by atoms with Crippen molar-refractivity contribution in [3.05, 3.63) is 72.6 Å². The van der Waals surface area contributed by atoms with Crippen LogP contribution < -0.4 is 0 Å². The molecular formula is C18H15N3O. The maximum atomic E-state index is 5.69. The Morgan fingerprint density at radius 2 is 1.95 bits per heavy atom. The first-order valence-corrected chi connectivity index (χ1v) is 7.20. The lowest BCUT2D eigenvalue weighted by Crippen LogP contribution is -1.96. The first-order valence-electron chi connectivity index (χ1n) is 7.20. The Balaban J connectivity index is 1.71. The summed E-state index contributed by atoms with van der Waals surface area (Å²) < 4.78 is 7.69. The Morgan fingerprint density at radius 3 is 2.82 bits per heavy atom. The van der Waals surface area contributed by atoms with E-state index in [1.165, 1.54) is 5.39 Å². The lowest BCUT2D eigenvalue weighted by atomic mass is 10.0. The monoisotopic (exact) mass is 289 g/mol. The second kappa shape index (κ2) is 5.15. The minimum Gasteiger partial charge on any atom is -0.444 e. The number of aryl methyl sites for hydroxylation is 1. The van der Waals surface area contributed by atoms with E-state index in [2.05, 4.69) is 28.2 Å². The van der Waals surface area contributed by atoms with E-state index in [0.29, 0.717) is 12.4 Å². The predicted octanol–water partition coefficient (Wildman–Crippen LogP) is 4.05. The zero-order valence-electron chi connectivity index (χ0n) is 12.2. The number of hydrogen-bond acceptors (Lipinski definition) is 3. The average molecular weight is 289 g/mol. The third kappa shape index (κ3) is 2.29. The normalized spacial score (nSPS) is 11.1. The largest absolute Gasteiger partial charge is 0.444 e. The van der Waals surface area contributed by atoms with Crippen molar-refractivity contribution >= 4 is 10.8 Å². The highest BCUT2D eigenvalue weighted by atomic mass is 16.3. The number of aromatic nitrogens is 3. The van der Waals surface area contributed by atoms with Crippen LogP contribution in [0.5, 0.6) is 0 Å². The van der Waals surface area contributed by atoms with Crippen LogP contribution in [0.3, 0.4) is 0 Å². The van der Waals surface area contributed by atoms with E-state index < -0.39 is 0 Å². The molecule has 2 heterocycles. The predicted molar refractivity (Wildman–Crippen MR) is 85.5 cm³/mol. The quantitative estimate of drug-likeness (QED) is 0.571. The minimum atomic E-state index is 0.656. The molecule has 4 rings (SSSR count). The van der Waals surface area contributed by atoms with Crippen LogP contribution in [0.25, 0.3) is 22.2 Å². The Morgan fingerprint density at radius 1 is 1.09 bits per heavy atom. The van der Waals surface area contributed by atoms with E-state index in [4.69, 9.17) is 4.42 Å². The molecule has 4 aromatic rings. The van der Waals surface area contributed by atoms with Gasteiger partial charge in [-0.3, -0.25) is 0 Å². The highest BCUT2D eigenvalue weighted by Gasteiger charge is 2.10. The Hall–Kier alpha value is -2.88. The van der Waals surface area contributed by atoms with Gasteiger partial charge in [0.05, 0.1) is 24.3 Å². The number of benzene rings is 2. The smallest absolute Gasteiger partial charge is 0.226 e. The van der Waals surface area contributed by atoms with Crippen LogP contribution in [-0.2, 0) is 6.54 Å². The second-order valence-corrected chi connectivity index (χ2v) is 5.36. The molecule has 4 nitrogen and oxygen atoms in total. The lowest BCUT2D eigenvalue weighted by molar-refractivity contribution is 0.572. The summed E-state index contributed by atoms with van der Waals surface area (Å²) in [6.45, 7) is 2.63. The lowest BCUT2D eigenvalue weighted by Gasteiger charge is -2.02. The number of imidazole rings is 1. The van der Waals surface area contributed by atoms with Crippen molar-refractivity contribution < 1.29 is 4.42 Å². The van der Waals surface area contributed by atoms with Gasteiger partial charge in [-0.1, -0.05) is 36.4 Å². The summed E-state index contributed by atoms with van der Waals surface area (Å²) in [4.78, 5) is 8.84. The topological polar surface area (TPSA) is 43.9 Å². The summed E-state index contributed by atoms with van der Waals surface area (Å²) in [5, 5.41) is 2.34. The zero-order valence-corrected chi connectivity index (χ0v) is 12.2. The van der Waals surface area contributed by atoms with Crippen LogP contribution in [0.15, 0.2) is 65.7 Å². The average Bonchev–Trinajstić information content (AvgIpc) is 3.16. The number of oxazole rings is 1. The third-order valence-electron chi connectivity index (χ3n) is 3.68. The highest BCUT2D eigenvalue weighted by Crippen LogP contribution is 2.28. The van der Waals surface area contributed by atoms with Crippen molar-refractivity contribution in [3.63, 3.8) is 0 Å². The molecule has 0 amide bonds. The molecule has 108 valence electrons. The highest BCUT2D eigenvalue weighted by molar-refractivity contribution is 5.94. The number of nitrogens with zero attached hydrogens (tertiary/aromatic N) is 3. The Labute approximate surface area is 128 Å². The molecule has 0 saturated carbocycles. The molecule has 4 heteroatoms. The fourth-order valence-electron chi connectivity index (χ4n) is 2.66. The van der Waals surface area contributed by atoms with Gasteiger partial charge in [0.25, 0.3) is 0 Å². The van der Waals surface area contributed by atoms with E-state index in [0.717, 1.165) is 22.3 Å². The Kier molecular flexibility index (Phi) is 3.00. The third-order valence-corrected chi connectivity index (χ3v) is 3.68. The summed E-state index contributed by atoms with van der Waals surface area (Å²) in [6.07, 6.45) is 5.51. The molecule has 0 atom stereocenters. The molecule has 0 fully saturated rings. The Bertz CT molecular complexity index is 931. The van der Waals surface area contributed by atoms with Crippen LogP contribution in [0.4, 0.5) is 0 Å². The maximum Gasteiger partial charge on any atom is 0.226 e. The van der Waals surface area contributed by atoms with E-state index in [1.54, 1.807) is 6.26 Å². The first kappa shape index (κ1) is 12.8. The van der Waals surface area contributed by atoms with E-state index >= 15 is 0 Å². The van der Waals surface area contributed by atoms with Crippen molar-refractivity contribution in [2.75, 3.05) is 0 Å². The van der Waals surface area contributed by atoms with Gasteiger partial charge in [-0.05, 0) is 23.8 Å². The van der Waals surface area contributed by atoms with Gasteiger partial charge in [-0.2, -0.15) is 0 Å². The van der Waals surface area contributed by atoms with Gasteiger partial charge in [0, 0.05) is 11.8 Å². The van der Waals surface area contributed by atoms with Gasteiger partial charge in [0.1, 0.15) is 6.26 Å². The molecule has 22 heavy (non-hydrogen) atoms. The molecule has 0 aliphatic rings. The standard InChI is InChI=1S/C18H15N3O/c1-13-9-21(12-19-13)10-15-11-22-18(20-15)17-8-4-6-14-5-2-3-7-16(14)17/h2-9,11-12H,10H2,1H3. The van der Waals surface area contributed by atoms with E-state index in [1.807, 2.05) is 48.3 Å². The number of fused-ring (bicyclic) bond motifs is 1. The van der Waals surface area contributed by atoms with Crippen LogP contribution in [0.1, 0.15) is 11.4 Å². The van der Waals surface area contributed by atoms with Crippen LogP contribution >= 0.6 is 0 Å². The molecule has 0 spiro atoms. The number of hydrogen-bond donors (Lipinski definition) is 0. The minimum absolute atomic E-state index is 0.656. The van der Waals surface area contributed by atoms with Crippen LogP contribution in [0.2, 0.25) is 0 Å². The van der Waals surface area contributed by atoms with Gasteiger partial charge in [-0.15, -0.1) is 0 Å². The van der Waals surface area contributed by atoms with Crippen molar-refractivity contribution in [1.29, 1.82) is 0 Å². The second-order valence-electron chi connectivity index (χ2n) is 5.36. The summed E-state index contributed by atoms with van der Waals surface area (Å²) in [6, 6.07) is 14.4. The maximum absolute atomic E-state index is 5.69. The van der Waals surface area contributed by atoms with Crippen molar-refractivity contribution in [2.45, 2.75) is 13.5 Å². The summed E-state index contributed by atoms with van der Waals surface area (Å²) in [5.74, 6) is 0.656. The van der Waals surface area contributed by atoms with Gasteiger partial charge in [0.2, 0.25) is 5.89 Å². The molecule has 0 aliphatic carbocycles. The van der Waals surface area contributed by atoms with Crippen molar-refractivity contribution in [2.24, 2.45) is 0 Å². The molecule has 0 bridgehead atoms. The van der Waals surface area contributed by atoms with Crippen molar-refractivity contribution in [3.8, 4) is 11.5 Å². The van der Waals surface area contributed by atoms with Crippen LogP contribution in [0, 0.1) is 6.92 Å². The molecule has 0 radical (unpaired) electrons. The molecule has 0 N–H and O–H groups in total. The fourth-order valence-corrected chi connectivity index (χ4v) is 2.66. The molecule has 2 aromatic carbocycles. The van der Waals surface area contributed by atoms with Crippen LogP contribution in [-0.4, -0.2) is 14.5 Å².